The van der Waals surface area contributed by atoms with Gasteiger partial charge in [0.2, 0.25) is 17.5 Å². The summed E-state index contributed by atoms with van der Waals surface area (Å²) in [5.74, 6) is 0.533. The maximum absolute atomic E-state index is 10.2. The summed E-state index contributed by atoms with van der Waals surface area (Å²) in [6.45, 7) is 10.5. The van der Waals surface area contributed by atoms with E-state index < -0.39 is 12.1 Å². The Bertz CT molecular complexity index is 1010. The van der Waals surface area contributed by atoms with Crippen LogP contribution >= 0.6 is 11.6 Å². The van der Waals surface area contributed by atoms with Crippen LogP contribution in [0.4, 0.5) is 11.4 Å². The number of halogens is 1. The van der Waals surface area contributed by atoms with Gasteiger partial charge < -0.3 is 19.9 Å². The zero-order chi connectivity index (χ0) is 20.3. The fraction of sp³-hybridized carbons (Fsp3) is 0.250. The number of hydrogen-bond acceptors (Lipinski definition) is 6. The second-order valence-corrected chi connectivity index (χ2v) is 6.72. The maximum atomic E-state index is 10.2. The standard InChI is InChI=1S/C20H19ClN4O3/c1-11-15(8-9-16(22-3)17(11)21)23-18(12(2)27)20-25-24-19(28-20)14-6-4-13(10-26)5-7-14/h4-9,12,18,23,26-27H,10H2,1-2H3/t12-,18+/m0/s1. The molecule has 0 aliphatic rings. The second-order valence-electron chi connectivity index (χ2n) is 6.35. The number of aliphatic hydroxyl groups is 2. The number of aliphatic hydroxyl groups excluding tert-OH is 2. The van der Waals surface area contributed by atoms with E-state index in [4.69, 9.17) is 27.7 Å². The fourth-order valence-electron chi connectivity index (χ4n) is 2.70. The smallest absolute Gasteiger partial charge is 0.247 e. The monoisotopic (exact) mass is 398 g/mol. The lowest BCUT2D eigenvalue weighted by molar-refractivity contribution is 0.159. The van der Waals surface area contributed by atoms with Crippen molar-refractivity contribution in [3.05, 3.63) is 69.9 Å². The van der Waals surface area contributed by atoms with Crippen LogP contribution in [0.25, 0.3) is 16.3 Å². The molecule has 144 valence electrons. The Kier molecular flexibility index (Phi) is 5.95. The van der Waals surface area contributed by atoms with Gasteiger partial charge in [0.15, 0.2) is 0 Å². The quantitative estimate of drug-likeness (QED) is 0.536. The van der Waals surface area contributed by atoms with Crippen LogP contribution in [-0.2, 0) is 6.61 Å². The molecule has 1 heterocycles. The summed E-state index contributed by atoms with van der Waals surface area (Å²) in [4.78, 5) is 3.38. The van der Waals surface area contributed by atoms with Gasteiger partial charge in [0.1, 0.15) is 6.04 Å². The minimum Gasteiger partial charge on any atom is -0.418 e. The van der Waals surface area contributed by atoms with Crippen LogP contribution in [0.15, 0.2) is 40.8 Å². The van der Waals surface area contributed by atoms with E-state index in [0.29, 0.717) is 33.4 Å². The Morgan fingerprint density at radius 2 is 1.93 bits per heavy atom. The van der Waals surface area contributed by atoms with E-state index in [9.17, 15) is 5.11 Å². The third kappa shape index (κ3) is 3.99. The number of benzene rings is 2. The number of rotatable bonds is 6. The molecule has 0 aliphatic heterocycles. The Morgan fingerprint density at radius 3 is 2.54 bits per heavy atom. The lowest BCUT2D eigenvalue weighted by Crippen LogP contribution is -2.23. The summed E-state index contributed by atoms with van der Waals surface area (Å²) in [6.07, 6.45) is -0.830. The molecule has 0 saturated heterocycles. The predicted molar refractivity (Wildman–Crippen MR) is 106 cm³/mol. The molecule has 0 aliphatic carbocycles. The van der Waals surface area contributed by atoms with Crippen LogP contribution in [0.5, 0.6) is 0 Å². The van der Waals surface area contributed by atoms with Crippen molar-refractivity contribution in [2.24, 2.45) is 0 Å². The number of aromatic nitrogens is 2. The van der Waals surface area contributed by atoms with Crippen molar-refractivity contribution in [1.82, 2.24) is 10.2 Å². The molecule has 0 spiro atoms. The van der Waals surface area contributed by atoms with Gasteiger partial charge in [-0.15, -0.1) is 10.2 Å². The van der Waals surface area contributed by atoms with Crippen molar-refractivity contribution < 1.29 is 14.6 Å². The maximum Gasteiger partial charge on any atom is 0.247 e. The Hall–Kier alpha value is -2.92. The topological polar surface area (TPSA) is 95.8 Å². The van der Waals surface area contributed by atoms with E-state index >= 15 is 0 Å². The van der Waals surface area contributed by atoms with Crippen LogP contribution in [0.3, 0.4) is 0 Å². The first-order chi connectivity index (χ1) is 13.4. The molecule has 7 nitrogen and oxygen atoms in total. The molecule has 3 aromatic rings. The molecular weight excluding hydrogens is 380 g/mol. The average Bonchev–Trinajstić information content (AvgIpc) is 3.18. The van der Waals surface area contributed by atoms with Crippen LogP contribution in [0.2, 0.25) is 5.02 Å². The van der Waals surface area contributed by atoms with Crippen molar-refractivity contribution in [3.8, 4) is 11.5 Å². The molecule has 8 heteroatoms. The zero-order valence-corrected chi connectivity index (χ0v) is 16.1. The third-order valence-corrected chi connectivity index (χ3v) is 4.85. The Morgan fingerprint density at radius 1 is 1.21 bits per heavy atom. The zero-order valence-electron chi connectivity index (χ0n) is 15.3. The molecule has 28 heavy (non-hydrogen) atoms. The van der Waals surface area contributed by atoms with Gasteiger partial charge in [0.25, 0.3) is 0 Å². The van der Waals surface area contributed by atoms with Crippen LogP contribution in [0, 0.1) is 13.5 Å². The number of hydrogen-bond donors (Lipinski definition) is 3. The third-order valence-electron chi connectivity index (χ3n) is 4.37. The van der Waals surface area contributed by atoms with E-state index in [2.05, 4.69) is 20.4 Å². The molecule has 3 rings (SSSR count). The van der Waals surface area contributed by atoms with Gasteiger partial charge in [-0.25, -0.2) is 4.85 Å². The van der Waals surface area contributed by atoms with Crippen molar-refractivity contribution in [1.29, 1.82) is 0 Å². The predicted octanol–water partition coefficient (Wildman–Crippen LogP) is 4.28. The molecule has 0 amide bonds. The van der Waals surface area contributed by atoms with Crippen molar-refractivity contribution in [2.75, 3.05) is 5.32 Å². The van der Waals surface area contributed by atoms with Crippen molar-refractivity contribution in [2.45, 2.75) is 32.6 Å². The Labute approximate surface area is 167 Å². The molecule has 2 atom stereocenters. The lowest BCUT2D eigenvalue weighted by atomic mass is 10.1. The summed E-state index contributed by atoms with van der Waals surface area (Å²) in [6, 6.07) is 9.79. The van der Waals surface area contributed by atoms with Crippen molar-refractivity contribution in [3.63, 3.8) is 0 Å². The first-order valence-corrected chi connectivity index (χ1v) is 8.97. The molecular formula is C20H19ClN4O3. The molecule has 0 radical (unpaired) electrons. The van der Waals surface area contributed by atoms with Crippen LogP contribution in [-0.4, -0.2) is 26.5 Å². The minimum atomic E-state index is -0.830. The van der Waals surface area contributed by atoms with E-state index in [0.717, 1.165) is 5.56 Å². The summed E-state index contributed by atoms with van der Waals surface area (Å²) < 4.78 is 5.77. The lowest BCUT2D eigenvalue weighted by Gasteiger charge is -2.21. The fourth-order valence-corrected chi connectivity index (χ4v) is 2.91. The van der Waals surface area contributed by atoms with Gasteiger partial charge in [-0.05, 0) is 43.2 Å². The highest BCUT2D eigenvalue weighted by molar-refractivity contribution is 6.34. The summed E-state index contributed by atoms with van der Waals surface area (Å²) in [5, 5.41) is 31.0. The molecule has 0 unspecified atom stereocenters. The molecule has 3 N–H and O–H groups in total. The summed E-state index contributed by atoms with van der Waals surface area (Å²) in [5.41, 5.74) is 3.21. The van der Waals surface area contributed by atoms with Gasteiger partial charge in [-0.2, -0.15) is 0 Å². The van der Waals surface area contributed by atoms with E-state index in [1.54, 1.807) is 50.2 Å². The molecule has 1 aromatic heterocycles. The molecule has 0 bridgehead atoms. The Balaban J connectivity index is 1.88. The summed E-state index contributed by atoms with van der Waals surface area (Å²) >= 11 is 6.23. The van der Waals surface area contributed by atoms with Gasteiger partial charge in [0, 0.05) is 11.3 Å². The number of nitrogens with one attached hydrogen (secondary N) is 1. The molecule has 2 aromatic carbocycles. The van der Waals surface area contributed by atoms with E-state index in [1.165, 1.54) is 0 Å². The SMILES string of the molecule is [C-]#[N+]c1ccc(N[C@@H](c2nnc(-c3ccc(CO)cc3)o2)[C@H](C)O)c(C)c1Cl. The largest absolute Gasteiger partial charge is 0.418 e. The van der Waals surface area contributed by atoms with Crippen molar-refractivity contribution >= 4 is 23.0 Å². The molecule has 0 fully saturated rings. The van der Waals surface area contributed by atoms with Gasteiger partial charge in [-0.1, -0.05) is 29.8 Å². The van der Waals surface area contributed by atoms with Gasteiger partial charge in [0.05, 0.1) is 24.3 Å². The first kappa shape index (κ1) is 19.8. The normalized spacial score (nSPS) is 13.0. The highest BCUT2D eigenvalue weighted by atomic mass is 35.5. The number of anilines is 1. The second kappa shape index (κ2) is 8.40. The summed E-state index contributed by atoms with van der Waals surface area (Å²) in [7, 11) is 0. The van der Waals surface area contributed by atoms with E-state index in [-0.39, 0.29) is 12.5 Å². The first-order valence-electron chi connectivity index (χ1n) is 8.59. The minimum absolute atomic E-state index is 0.0441. The van der Waals surface area contributed by atoms with Crippen LogP contribution < -0.4 is 5.32 Å². The van der Waals surface area contributed by atoms with Crippen LogP contribution in [0.1, 0.15) is 30.0 Å². The molecule has 0 saturated carbocycles. The highest BCUT2D eigenvalue weighted by Gasteiger charge is 2.25. The highest BCUT2D eigenvalue weighted by Crippen LogP contribution is 2.35. The van der Waals surface area contributed by atoms with E-state index in [1.807, 2.05) is 0 Å². The number of nitrogens with zero attached hydrogens (tertiary/aromatic N) is 3. The van der Waals surface area contributed by atoms with Gasteiger partial charge >= 0.3 is 0 Å². The average molecular weight is 399 g/mol. The van der Waals surface area contributed by atoms with Gasteiger partial charge in [-0.3, -0.25) is 0 Å².